The van der Waals surface area contributed by atoms with Crippen molar-refractivity contribution in [2.45, 2.75) is 25.8 Å². The highest BCUT2D eigenvalue weighted by molar-refractivity contribution is 6.30. The van der Waals surface area contributed by atoms with Crippen LogP contribution in [-0.4, -0.2) is 28.6 Å². The molecule has 0 fully saturated rings. The molecule has 116 valence electrons. The standard InChI is InChI=1S/C17H19ClN2O2/c1-12(3-2-8-21)20-17(22)15-9-14(10-19-11-15)13-4-6-16(18)7-5-13/h4-7,9-12,21H,2-3,8H2,1H3,(H,20,22). The van der Waals surface area contributed by atoms with Gasteiger partial charge >= 0.3 is 0 Å². The first-order chi connectivity index (χ1) is 10.6. The molecule has 0 bridgehead atoms. The molecule has 2 N–H and O–H groups in total. The van der Waals surface area contributed by atoms with E-state index in [-0.39, 0.29) is 18.6 Å². The van der Waals surface area contributed by atoms with E-state index in [0.717, 1.165) is 17.5 Å². The zero-order valence-electron chi connectivity index (χ0n) is 12.4. The Balaban J connectivity index is 2.10. The maximum atomic E-state index is 12.2. The number of hydrogen-bond donors (Lipinski definition) is 2. The Kier molecular flexibility index (Phi) is 5.92. The zero-order valence-corrected chi connectivity index (χ0v) is 13.2. The monoisotopic (exact) mass is 318 g/mol. The summed E-state index contributed by atoms with van der Waals surface area (Å²) in [6, 6.07) is 9.22. The minimum atomic E-state index is -0.159. The number of rotatable bonds is 6. The van der Waals surface area contributed by atoms with Gasteiger partial charge in [0, 0.05) is 35.6 Å². The highest BCUT2D eigenvalue weighted by Crippen LogP contribution is 2.21. The minimum Gasteiger partial charge on any atom is -0.396 e. The molecule has 0 aliphatic heterocycles. The molecule has 1 aromatic heterocycles. The number of amides is 1. The Hall–Kier alpha value is -1.91. The van der Waals surface area contributed by atoms with Gasteiger partial charge in [-0.1, -0.05) is 23.7 Å². The summed E-state index contributed by atoms with van der Waals surface area (Å²) in [5.74, 6) is -0.159. The van der Waals surface area contributed by atoms with Crippen molar-refractivity contribution < 1.29 is 9.90 Å². The van der Waals surface area contributed by atoms with Gasteiger partial charge in [0.25, 0.3) is 5.91 Å². The number of carbonyl (C=O) groups is 1. The first-order valence-electron chi connectivity index (χ1n) is 7.23. The van der Waals surface area contributed by atoms with Crippen LogP contribution in [0.3, 0.4) is 0 Å². The third-order valence-electron chi connectivity index (χ3n) is 3.35. The van der Waals surface area contributed by atoms with E-state index in [1.165, 1.54) is 0 Å². The Morgan fingerprint density at radius 3 is 2.68 bits per heavy atom. The number of nitrogens with one attached hydrogen (secondary N) is 1. The largest absolute Gasteiger partial charge is 0.396 e. The van der Waals surface area contributed by atoms with Crippen LogP contribution in [0, 0.1) is 0 Å². The van der Waals surface area contributed by atoms with Crippen LogP contribution in [0.2, 0.25) is 5.02 Å². The van der Waals surface area contributed by atoms with Crippen LogP contribution in [0.1, 0.15) is 30.1 Å². The topological polar surface area (TPSA) is 62.2 Å². The van der Waals surface area contributed by atoms with Crippen LogP contribution >= 0.6 is 11.6 Å². The lowest BCUT2D eigenvalue weighted by atomic mass is 10.1. The van der Waals surface area contributed by atoms with E-state index in [2.05, 4.69) is 10.3 Å². The highest BCUT2D eigenvalue weighted by atomic mass is 35.5. The SMILES string of the molecule is CC(CCCO)NC(=O)c1cncc(-c2ccc(Cl)cc2)c1. The van der Waals surface area contributed by atoms with Gasteiger partial charge in [-0.15, -0.1) is 0 Å². The molecule has 1 amide bonds. The van der Waals surface area contributed by atoms with Crippen molar-refractivity contribution in [3.8, 4) is 11.1 Å². The van der Waals surface area contributed by atoms with Crippen molar-refractivity contribution in [3.63, 3.8) is 0 Å². The van der Waals surface area contributed by atoms with Gasteiger partial charge in [0.15, 0.2) is 0 Å². The maximum Gasteiger partial charge on any atom is 0.253 e. The Morgan fingerprint density at radius 1 is 1.27 bits per heavy atom. The summed E-state index contributed by atoms with van der Waals surface area (Å²) >= 11 is 5.88. The highest BCUT2D eigenvalue weighted by Gasteiger charge is 2.11. The number of halogens is 1. The van der Waals surface area contributed by atoms with Gasteiger partial charge in [-0.25, -0.2) is 0 Å². The van der Waals surface area contributed by atoms with Gasteiger partial charge in [-0.05, 0) is 43.5 Å². The predicted molar refractivity (Wildman–Crippen MR) is 87.9 cm³/mol. The summed E-state index contributed by atoms with van der Waals surface area (Å²) in [6.07, 6.45) is 4.68. The van der Waals surface area contributed by atoms with Gasteiger partial charge in [-0.2, -0.15) is 0 Å². The summed E-state index contributed by atoms with van der Waals surface area (Å²) in [7, 11) is 0. The second-order valence-electron chi connectivity index (χ2n) is 5.21. The molecule has 1 aromatic carbocycles. The number of aromatic nitrogens is 1. The molecule has 1 atom stereocenters. The molecular weight excluding hydrogens is 300 g/mol. The maximum absolute atomic E-state index is 12.2. The van der Waals surface area contributed by atoms with Gasteiger partial charge in [0.2, 0.25) is 0 Å². The molecule has 1 unspecified atom stereocenters. The average molecular weight is 319 g/mol. The van der Waals surface area contributed by atoms with E-state index < -0.39 is 0 Å². The number of benzene rings is 1. The van der Waals surface area contributed by atoms with E-state index in [9.17, 15) is 4.79 Å². The fourth-order valence-electron chi connectivity index (χ4n) is 2.14. The molecule has 0 radical (unpaired) electrons. The summed E-state index contributed by atoms with van der Waals surface area (Å²) in [4.78, 5) is 16.4. The lowest BCUT2D eigenvalue weighted by molar-refractivity contribution is 0.0936. The first kappa shape index (κ1) is 16.5. The molecule has 1 heterocycles. The molecular formula is C17H19ClN2O2. The molecule has 0 spiro atoms. The summed E-state index contributed by atoms with van der Waals surface area (Å²) in [5.41, 5.74) is 2.34. The van der Waals surface area contributed by atoms with E-state index in [0.29, 0.717) is 17.0 Å². The lowest BCUT2D eigenvalue weighted by Gasteiger charge is -2.13. The van der Waals surface area contributed by atoms with Crippen LogP contribution in [0.15, 0.2) is 42.7 Å². The van der Waals surface area contributed by atoms with Crippen LogP contribution in [0.5, 0.6) is 0 Å². The normalized spacial score (nSPS) is 12.0. The van der Waals surface area contributed by atoms with Gasteiger partial charge < -0.3 is 10.4 Å². The first-order valence-corrected chi connectivity index (χ1v) is 7.60. The summed E-state index contributed by atoms with van der Waals surface area (Å²) in [5, 5.41) is 12.4. The molecule has 0 saturated carbocycles. The van der Waals surface area contributed by atoms with Gasteiger partial charge in [0.05, 0.1) is 5.56 Å². The Morgan fingerprint density at radius 2 is 2.00 bits per heavy atom. The van der Waals surface area contributed by atoms with Crippen molar-refractivity contribution in [2.24, 2.45) is 0 Å². The quantitative estimate of drug-likeness (QED) is 0.859. The Labute approximate surface area is 135 Å². The molecule has 2 rings (SSSR count). The average Bonchev–Trinajstić information content (AvgIpc) is 2.53. The van der Waals surface area contributed by atoms with Crippen molar-refractivity contribution >= 4 is 17.5 Å². The van der Waals surface area contributed by atoms with Crippen LogP contribution in [-0.2, 0) is 0 Å². The van der Waals surface area contributed by atoms with Crippen molar-refractivity contribution in [1.29, 1.82) is 0 Å². The van der Waals surface area contributed by atoms with E-state index in [1.807, 2.05) is 25.1 Å². The van der Waals surface area contributed by atoms with Crippen LogP contribution in [0.25, 0.3) is 11.1 Å². The van der Waals surface area contributed by atoms with Gasteiger partial charge in [-0.3, -0.25) is 9.78 Å². The fraction of sp³-hybridized carbons (Fsp3) is 0.294. The fourth-order valence-corrected chi connectivity index (χ4v) is 2.27. The van der Waals surface area contributed by atoms with E-state index >= 15 is 0 Å². The number of carbonyl (C=O) groups excluding carboxylic acids is 1. The number of aliphatic hydroxyl groups excluding tert-OH is 1. The van der Waals surface area contributed by atoms with Crippen molar-refractivity contribution in [1.82, 2.24) is 10.3 Å². The molecule has 0 saturated heterocycles. The zero-order chi connectivity index (χ0) is 15.9. The lowest BCUT2D eigenvalue weighted by Crippen LogP contribution is -2.32. The molecule has 0 aliphatic rings. The van der Waals surface area contributed by atoms with Crippen molar-refractivity contribution in [2.75, 3.05) is 6.61 Å². The minimum absolute atomic E-state index is 0.0128. The second-order valence-corrected chi connectivity index (χ2v) is 5.65. The molecule has 0 aliphatic carbocycles. The summed E-state index contributed by atoms with van der Waals surface area (Å²) in [6.45, 7) is 2.05. The number of aliphatic hydroxyl groups is 1. The van der Waals surface area contributed by atoms with E-state index in [1.54, 1.807) is 24.5 Å². The molecule has 22 heavy (non-hydrogen) atoms. The molecule has 5 heteroatoms. The molecule has 2 aromatic rings. The predicted octanol–water partition coefficient (Wildman–Crippen LogP) is 3.29. The smallest absolute Gasteiger partial charge is 0.253 e. The summed E-state index contributed by atoms with van der Waals surface area (Å²) < 4.78 is 0. The number of hydrogen-bond acceptors (Lipinski definition) is 3. The molecule has 4 nitrogen and oxygen atoms in total. The third kappa shape index (κ3) is 4.55. The second kappa shape index (κ2) is 7.92. The van der Waals surface area contributed by atoms with Crippen molar-refractivity contribution in [3.05, 3.63) is 53.3 Å². The number of pyridine rings is 1. The van der Waals surface area contributed by atoms with Gasteiger partial charge in [0.1, 0.15) is 0 Å². The van der Waals surface area contributed by atoms with Crippen LogP contribution < -0.4 is 5.32 Å². The number of nitrogens with zero attached hydrogens (tertiary/aromatic N) is 1. The van der Waals surface area contributed by atoms with E-state index in [4.69, 9.17) is 16.7 Å². The Bertz CT molecular complexity index is 629. The van der Waals surface area contributed by atoms with Crippen LogP contribution in [0.4, 0.5) is 0 Å². The third-order valence-corrected chi connectivity index (χ3v) is 3.60.